The van der Waals surface area contributed by atoms with Crippen LogP contribution in [0.5, 0.6) is 0 Å². The monoisotopic (exact) mass is 243 g/mol. The van der Waals surface area contributed by atoms with Gasteiger partial charge < -0.3 is 15.0 Å². The standard InChI is InChI=1S/C13H13N3O2/c17-13(18)11-8-16-7-10(14-6-12(16)15-11)9-4-2-1-3-5-9/h1-5,8,10,14H,6-7H2,(H,17,18). The highest BCUT2D eigenvalue weighted by atomic mass is 16.4. The summed E-state index contributed by atoms with van der Waals surface area (Å²) in [5.74, 6) is -0.201. The van der Waals surface area contributed by atoms with Gasteiger partial charge in [-0.1, -0.05) is 30.3 Å². The predicted octanol–water partition coefficient (Wildman–Crippen LogP) is 1.43. The maximum atomic E-state index is 10.9. The van der Waals surface area contributed by atoms with E-state index >= 15 is 0 Å². The van der Waals surface area contributed by atoms with Crippen LogP contribution in [0.1, 0.15) is 27.9 Å². The summed E-state index contributed by atoms with van der Waals surface area (Å²) in [6.45, 7) is 1.30. The largest absolute Gasteiger partial charge is 0.476 e. The number of carbonyl (C=O) groups is 1. The molecule has 3 rings (SSSR count). The first-order valence-electron chi connectivity index (χ1n) is 5.82. The number of aromatic nitrogens is 2. The fourth-order valence-electron chi connectivity index (χ4n) is 2.24. The number of imidazole rings is 1. The molecule has 1 aliphatic rings. The zero-order valence-corrected chi connectivity index (χ0v) is 9.71. The molecule has 1 aromatic carbocycles. The van der Waals surface area contributed by atoms with Crippen molar-refractivity contribution >= 4 is 5.97 Å². The van der Waals surface area contributed by atoms with Crippen molar-refractivity contribution in [2.75, 3.05) is 0 Å². The molecule has 0 saturated carbocycles. The van der Waals surface area contributed by atoms with Crippen molar-refractivity contribution in [2.24, 2.45) is 0 Å². The van der Waals surface area contributed by atoms with Crippen LogP contribution in [-0.2, 0) is 13.1 Å². The molecule has 5 nitrogen and oxygen atoms in total. The van der Waals surface area contributed by atoms with Gasteiger partial charge in [-0.3, -0.25) is 0 Å². The Balaban J connectivity index is 1.87. The zero-order valence-electron chi connectivity index (χ0n) is 9.71. The summed E-state index contributed by atoms with van der Waals surface area (Å²) < 4.78 is 1.91. The van der Waals surface area contributed by atoms with Gasteiger partial charge in [0.15, 0.2) is 5.69 Å². The minimum atomic E-state index is -0.979. The van der Waals surface area contributed by atoms with Gasteiger partial charge in [0.2, 0.25) is 0 Å². The number of nitrogens with zero attached hydrogens (tertiary/aromatic N) is 2. The minimum Gasteiger partial charge on any atom is -0.476 e. The van der Waals surface area contributed by atoms with Gasteiger partial charge in [0.05, 0.1) is 12.6 Å². The molecule has 1 atom stereocenters. The van der Waals surface area contributed by atoms with E-state index in [1.165, 1.54) is 5.56 Å². The summed E-state index contributed by atoms with van der Waals surface area (Å²) in [5, 5.41) is 12.3. The lowest BCUT2D eigenvalue weighted by Gasteiger charge is -2.25. The first-order chi connectivity index (χ1) is 8.74. The molecule has 0 saturated heterocycles. The van der Waals surface area contributed by atoms with Gasteiger partial charge >= 0.3 is 5.97 Å². The predicted molar refractivity (Wildman–Crippen MR) is 65.2 cm³/mol. The van der Waals surface area contributed by atoms with Crippen molar-refractivity contribution in [1.82, 2.24) is 14.9 Å². The van der Waals surface area contributed by atoms with Crippen LogP contribution in [0.4, 0.5) is 0 Å². The number of aromatic carboxylic acids is 1. The van der Waals surface area contributed by atoms with Gasteiger partial charge in [0.1, 0.15) is 5.82 Å². The molecule has 5 heteroatoms. The van der Waals surface area contributed by atoms with Crippen LogP contribution in [0, 0.1) is 0 Å². The maximum Gasteiger partial charge on any atom is 0.356 e. The molecule has 2 aromatic rings. The fourth-order valence-corrected chi connectivity index (χ4v) is 2.24. The highest BCUT2D eigenvalue weighted by molar-refractivity contribution is 5.85. The topological polar surface area (TPSA) is 67.1 Å². The van der Waals surface area contributed by atoms with Crippen molar-refractivity contribution in [1.29, 1.82) is 0 Å². The number of nitrogens with one attached hydrogen (secondary N) is 1. The molecular formula is C13H13N3O2. The number of carboxylic acid groups (broad SMARTS) is 1. The summed E-state index contributed by atoms with van der Waals surface area (Å²) >= 11 is 0. The first-order valence-corrected chi connectivity index (χ1v) is 5.82. The van der Waals surface area contributed by atoms with Gasteiger partial charge in [-0.15, -0.1) is 0 Å². The third-order valence-electron chi connectivity index (χ3n) is 3.17. The van der Waals surface area contributed by atoms with Crippen LogP contribution in [0.2, 0.25) is 0 Å². The van der Waals surface area contributed by atoms with E-state index in [1.54, 1.807) is 6.20 Å². The normalized spacial score (nSPS) is 18.3. The lowest BCUT2D eigenvalue weighted by atomic mass is 10.1. The van der Waals surface area contributed by atoms with Crippen LogP contribution in [0.15, 0.2) is 36.5 Å². The molecule has 0 spiro atoms. The van der Waals surface area contributed by atoms with E-state index in [4.69, 9.17) is 5.11 Å². The highest BCUT2D eigenvalue weighted by Crippen LogP contribution is 2.21. The Morgan fingerprint density at radius 2 is 2.17 bits per heavy atom. The van der Waals surface area contributed by atoms with E-state index < -0.39 is 5.97 Å². The second kappa shape index (κ2) is 4.27. The lowest BCUT2D eigenvalue weighted by molar-refractivity contribution is 0.0691. The van der Waals surface area contributed by atoms with E-state index in [0.29, 0.717) is 13.1 Å². The second-order valence-corrected chi connectivity index (χ2v) is 4.34. The number of carboxylic acids is 1. The number of benzene rings is 1. The molecule has 0 bridgehead atoms. The van der Waals surface area contributed by atoms with Crippen molar-refractivity contribution in [3.8, 4) is 0 Å². The Bertz CT molecular complexity index is 577. The third kappa shape index (κ3) is 1.89. The average molecular weight is 243 g/mol. The smallest absolute Gasteiger partial charge is 0.356 e. The van der Waals surface area contributed by atoms with Crippen LogP contribution in [0.3, 0.4) is 0 Å². The van der Waals surface area contributed by atoms with Crippen molar-refractivity contribution in [3.05, 3.63) is 53.6 Å². The molecule has 18 heavy (non-hydrogen) atoms. The summed E-state index contributed by atoms with van der Waals surface area (Å²) in [5.41, 5.74) is 1.31. The number of hydrogen-bond acceptors (Lipinski definition) is 3. The van der Waals surface area contributed by atoms with Crippen molar-refractivity contribution in [2.45, 2.75) is 19.1 Å². The summed E-state index contributed by atoms with van der Waals surface area (Å²) in [7, 11) is 0. The van der Waals surface area contributed by atoms with Crippen molar-refractivity contribution in [3.63, 3.8) is 0 Å². The van der Waals surface area contributed by atoms with Crippen LogP contribution in [0.25, 0.3) is 0 Å². The minimum absolute atomic E-state index is 0.112. The Morgan fingerprint density at radius 1 is 1.39 bits per heavy atom. The number of fused-ring (bicyclic) bond motifs is 1. The van der Waals surface area contributed by atoms with Gasteiger partial charge in [-0.2, -0.15) is 0 Å². The van der Waals surface area contributed by atoms with Gasteiger partial charge in [-0.25, -0.2) is 9.78 Å². The van der Waals surface area contributed by atoms with E-state index in [2.05, 4.69) is 22.4 Å². The molecular weight excluding hydrogens is 230 g/mol. The average Bonchev–Trinajstić information content (AvgIpc) is 2.82. The molecule has 0 amide bonds. The molecule has 2 N–H and O–H groups in total. The van der Waals surface area contributed by atoms with E-state index in [1.807, 2.05) is 22.8 Å². The summed E-state index contributed by atoms with van der Waals surface area (Å²) in [6.07, 6.45) is 1.61. The van der Waals surface area contributed by atoms with E-state index in [9.17, 15) is 4.79 Å². The van der Waals surface area contributed by atoms with E-state index in [0.717, 1.165) is 5.82 Å². The van der Waals surface area contributed by atoms with Crippen LogP contribution >= 0.6 is 0 Å². The summed E-state index contributed by atoms with van der Waals surface area (Å²) in [6, 6.07) is 10.3. The molecule has 1 aromatic heterocycles. The molecule has 0 radical (unpaired) electrons. The third-order valence-corrected chi connectivity index (χ3v) is 3.17. The molecule has 2 heterocycles. The zero-order chi connectivity index (χ0) is 12.5. The molecule has 92 valence electrons. The Labute approximate surface area is 104 Å². The highest BCUT2D eigenvalue weighted by Gasteiger charge is 2.22. The van der Waals surface area contributed by atoms with Crippen LogP contribution < -0.4 is 5.32 Å². The Hall–Kier alpha value is -2.14. The van der Waals surface area contributed by atoms with Gasteiger partial charge in [-0.05, 0) is 5.56 Å². The van der Waals surface area contributed by atoms with Gasteiger partial charge in [0.25, 0.3) is 0 Å². The molecule has 0 fully saturated rings. The molecule has 0 aliphatic carbocycles. The first kappa shape index (κ1) is 11.0. The molecule has 1 aliphatic heterocycles. The Morgan fingerprint density at radius 3 is 2.89 bits per heavy atom. The van der Waals surface area contributed by atoms with Crippen molar-refractivity contribution < 1.29 is 9.90 Å². The summed E-state index contributed by atoms with van der Waals surface area (Å²) in [4.78, 5) is 15.0. The second-order valence-electron chi connectivity index (χ2n) is 4.34. The van der Waals surface area contributed by atoms with Crippen LogP contribution in [-0.4, -0.2) is 20.6 Å². The lowest BCUT2D eigenvalue weighted by Crippen LogP contribution is -2.32. The fraction of sp³-hybridized carbons (Fsp3) is 0.231. The molecule has 1 unspecified atom stereocenters. The number of rotatable bonds is 2. The quantitative estimate of drug-likeness (QED) is 0.837. The SMILES string of the molecule is O=C(O)c1cn2c(n1)CNC(c1ccccc1)C2. The maximum absolute atomic E-state index is 10.9. The van der Waals surface area contributed by atoms with Gasteiger partial charge in [0, 0.05) is 12.7 Å². The Kier molecular flexibility index (Phi) is 2.60. The number of hydrogen-bond donors (Lipinski definition) is 2. The van der Waals surface area contributed by atoms with E-state index in [-0.39, 0.29) is 11.7 Å².